The molecule has 0 N–H and O–H groups in total. The highest BCUT2D eigenvalue weighted by Crippen LogP contribution is 2.40. The van der Waals surface area contributed by atoms with Gasteiger partial charge in [0.15, 0.2) is 0 Å². The molecular weight excluding hydrogens is 777 g/mol. The average Bonchev–Trinajstić information content (AvgIpc) is 3.88. The van der Waals surface area contributed by atoms with E-state index in [9.17, 15) is 0 Å². The molecule has 3 aromatic heterocycles. The van der Waals surface area contributed by atoms with Gasteiger partial charge in [-0.2, -0.15) is 0 Å². The first-order valence-electron chi connectivity index (χ1n) is 21.8. The maximum absolute atomic E-state index is 5.29. The third-order valence-electron chi connectivity index (χ3n) is 12.9. The van der Waals surface area contributed by atoms with E-state index in [2.05, 4.69) is 228 Å². The third-order valence-corrected chi connectivity index (χ3v) is 12.9. The molecule has 0 aliphatic heterocycles. The fourth-order valence-electron chi connectivity index (χ4n) is 9.85. The Morgan fingerprint density at radius 2 is 0.766 bits per heavy atom. The zero-order chi connectivity index (χ0) is 42.1. The second-order valence-corrected chi connectivity index (χ2v) is 16.6. The van der Waals surface area contributed by atoms with Crippen LogP contribution in [0.15, 0.2) is 231 Å². The SMILES string of the molecule is c1ccc(-c2cc(-c3ccc4ccccc4c3)cc(-n3c4ccccc4c4cc(-c5ccc6c(c5)c5ccccc5n6-c5nc(-c6ccccc6)c6ccccc6n5)ccc43)c2)cc1. The predicted octanol–water partition coefficient (Wildman–Crippen LogP) is 15.6. The van der Waals surface area contributed by atoms with Gasteiger partial charge in [0, 0.05) is 38.2 Å². The van der Waals surface area contributed by atoms with Crippen molar-refractivity contribution in [3.05, 3.63) is 231 Å². The lowest BCUT2D eigenvalue weighted by molar-refractivity contribution is 1.01. The molecule has 298 valence electrons. The summed E-state index contributed by atoms with van der Waals surface area (Å²) < 4.78 is 4.66. The number of fused-ring (bicyclic) bond motifs is 8. The second kappa shape index (κ2) is 14.5. The van der Waals surface area contributed by atoms with Gasteiger partial charge in [-0.3, -0.25) is 4.57 Å². The Kier molecular flexibility index (Phi) is 8.18. The van der Waals surface area contributed by atoms with E-state index in [1.807, 2.05) is 12.1 Å². The second-order valence-electron chi connectivity index (χ2n) is 16.6. The minimum absolute atomic E-state index is 0.658. The highest BCUT2D eigenvalue weighted by atomic mass is 15.2. The molecule has 13 rings (SSSR count). The van der Waals surface area contributed by atoms with Crippen LogP contribution in [0.3, 0.4) is 0 Å². The first-order valence-corrected chi connectivity index (χ1v) is 21.8. The van der Waals surface area contributed by atoms with Gasteiger partial charge < -0.3 is 4.57 Å². The van der Waals surface area contributed by atoms with Gasteiger partial charge in [0.05, 0.1) is 33.3 Å². The fraction of sp³-hybridized carbons (Fsp3) is 0. The number of hydrogen-bond acceptors (Lipinski definition) is 2. The minimum atomic E-state index is 0.658. The highest BCUT2D eigenvalue weighted by Gasteiger charge is 2.20. The van der Waals surface area contributed by atoms with Gasteiger partial charge in [-0.15, -0.1) is 0 Å². The van der Waals surface area contributed by atoms with Crippen molar-refractivity contribution in [1.29, 1.82) is 0 Å². The standard InChI is InChI=1S/C60H38N4/c1-3-15-39(16-4-1)46-34-47(43-28-27-40-17-7-8-20-42(40)33-43)36-48(35-46)63-55-25-13-10-21-49(55)52-37-44(29-31-57(52)63)45-30-32-58-53(38-45)50-22-11-14-26-56(50)64(58)60-61-54-24-12-9-23-51(54)59(62-60)41-18-5-2-6-19-41/h1-38H. The molecule has 0 unspecified atom stereocenters. The zero-order valence-electron chi connectivity index (χ0n) is 34.7. The lowest BCUT2D eigenvalue weighted by Gasteiger charge is -2.14. The molecule has 0 spiro atoms. The lowest BCUT2D eigenvalue weighted by atomic mass is 9.96. The molecule has 0 saturated heterocycles. The van der Waals surface area contributed by atoms with E-state index in [0.717, 1.165) is 60.8 Å². The average molecular weight is 815 g/mol. The van der Waals surface area contributed by atoms with E-state index in [-0.39, 0.29) is 0 Å². The van der Waals surface area contributed by atoms with Gasteiger partial charge in [0.25, 0.3) is 0 Å². The smallest absolute Gasteiger partial charge is 0.235 e. The number of benzene rings is 10. The summed E-state index contributed by atoms with van der Waals surface area (Å²) in [7, 11) is 0. The number of aromatic nitrogens is 4. The molecule has 0 bridgehead atoms. The Morgan fingerprint density at radius 3 is 1.47 bits per heavy atom. The Balaban J connectivity index is 0.976. The molecule has 0 aliphatic carbocycles. The van der Waals surface area contributed by atoms with Gasteiger partial charge >= 0.3 is 0 Å². The van der Waals surface area contributed by atoms with Crippen LogP contribution >= 0.6 is 0 Å². The molecule has 0 amide bonds. The van der Waals surface area contributed by atoms with E-state index in [1.54, 1.807) is 0 Å². The monoisotopic (exact) mass is 814 g/mol. The molecule has 4 nitrogen and oxygen atoms in total. The van der Waals surface area contributed by atoms with Gasteiger partial charge in [0.2, 0.25) is 5.95 Å². The minimum Gasteiger partial charge on any atom is -0.309 e. The van der Waals surface area contributed by atoms with E-state index < -0.39 is 0 Å². The Bertz CT molecular complexity index is 3950. The third kappa shape index (κ3) is 5.84. The van der Waals surface area contributed by atoms with E-state index in [4.69, 9.17) is 9.97 Å². The normalized spacial score (nSPS) is 11.8. The van der Waals surface area contributed by atoms with Crippen molar-refractivity contribution in [3.63, 3.8) is 0 Å². The van der Waals surface area contributed by atoms with Gasteiger partial charge in [-0.1, -0.05) is 164 Å². The van der Waals surface area contributed by atoms with Crippen molar-refractivity contribution in [2.45, 2.75) is 0 Å². The molecule has 3 heterocycles. The van der Waals surface area contributed by atoms with Crippen molar-refractivity contribution in [1.82, 2.24) is 19.1 Å². The molecular formula is C60H38N4. The van der Waals surface area contributed by atoms with Gasteiger partial charge in [-0.25, -0.2) is 9.97 Å². The van der Waals surface area contributed by atoms with Crippen molar-refractivity contribution in [2.75, 3.05) is 0 Å². The Hall–Kier alpha value is -8.60. The summed E-state index contributed by atoms with van der Waals surface area (Å²) in [6, 6.07) is 83.0. The number of nitrogens with zero attached hydrogens (tertiary/aromatic N) is 4. The molecule has 4 heteroatoms. The van der Waals surface area contributed by atoms with E-state index in [1.165, 1.54) is 54.8 Å². The topological polar surface area (TPSA) is 35.6 Å². The lowest BCUT2D eigenvalue weighted by Crippen LogP contribution is -2.03. The fourth-order valence-corrected chi connectivity index (χ4v) is 9.85. The molecule has 0 radical (unpaired) electrons. The Labute approximate surface area is 369 Å². The summed E-state index contributed by atoms with van der Waals surface area (Å²) in [6.45, 7) is 0. The maximum atomic E-state index is 5.29. The van der Waals surface area contributed by atoms with Crippen molar-refractivity contribution in [3.8, 4) is 56.3 Å². The van der Waals surface area contributed by atoms with Crippen molar-refractivity contribution < 1.29 is 0 Å². The zero-order valence-corrected chi connectivity index (χ0v) is 34.7. The summed E-state index contributed by atoms with van der Waals surface area (Å²) in [6.07, 6.45) is 0. The highest BCUT2D eigenvalue weighted by molar-refractivity contribution is 6.13. The van der Waals surface area contributed by atoms with Gasteiger partial charge in [0.1, 0.15) is 0 Å². The summed E-state index contributed by atoms with van der Waals surface area (Å²) in [4.78, 5) is 10.5. The summed E-state index contributed by atoms with van der Waals surface area (Å²) in [5, 5.41) is 8.26. The molecule has 10 aromatic carbocycles. The molecule has 0 aliphatic rings. The molecule has 0 fully saturated rings. The number of rotatable bonds is 6. The molecule has 0 atom stereocenters. The first kappa shape index (κ1) is 36.1. The van der Waals surface area contributed by atoms with E-state index >= 15 is 0 Å². The largest absolute Gasteiger partial charge is 0.309 e. The van der Waals surface area contributed by atoms with Crippen LogP contribution in [0.1, 0.15) is 0 Å². The van der Waals surface area contributed by atoms with Crippen LogP contribution in [-0.4, -0.2) is 19.1 Å². The first-order chi connectivity index (χ1) is 31.7. The Morgan fingerprint density at radius 1 is 0.266 bits per heavy atom. The quantitative estimate of drug-likeness (QED) is 0.168. The van der Waals surface area contributed by atoms with E-state index in [0.29, 0.717) is 5.95 Å². The van der Waals surface area contributed by atoms with Crippen LogP contribution in [-0.2, 0) is 0 Å². The molecule has 64 heavy (non-hydrogen) atoms. The summed E-state index contributed by atoms with van der Waals surface area (Å²) in [5.41, 5.74) is 15.6. The summed E-state index contributed by atoms with van der Waals surface area (Å²) >= 11 is 0. The van der Waals surface area contributed by atoms with Crippen molar-refractivity contribution >= 4 is 65.3 Å². The predicted molar refractivity (Wildman–Crippen MR) is 267 cm³/mol. The van der Waals surface area contributed by atoms with Crippen LogP contribution in [0, 0.1) is 0 Å². The van der Waals surface area contributed by atoms with Crippen LogP contribution in [0.5, 0.6) is 0 Å². The van der Waals surface area contributed by atoms with Crippen molar-refractivity contribution in [2.24, 2.45) is 0 Å². The summed E-state index contributed by atoms with van der Waals surface area (Å²) in [5.74, 6) is 0.658. The van der Waals surface area contributed by atoms with Gasteiger partial charge in [-0.05, 0) is 111 Å². The molecule has 0 saturated carbocycles. The maximum Gasteiger partial charge on any atom is 0.235 e. The van der Waals surface area contributed by atoms with Crippen LogP contribution in [0.25, 0.3) is 122 Å². The number of para-hydroxylation sites is 3. The van der Waals surface area contributed by atoms with Crippen LogP contribution in [0.2, 0.25) is 0 Å². The number of hydrogen-bond donors (Lipinski definition) is 0. The molecule has 13 aromatic rings. The van der Waals surface area contributed by atoms with Crippen LogP contribution in [0.4, 0.5) is 0 Å². The van der Waals surface area contributed by atoms with Crippen LogP contribution < -0.4 is 0 Å².